The summed E-state index contributed by atoms with van der Waals surface area (Å²) in [6.45, 7) is 4.67. The number of hydrogen-bond donors (Lipinski definition) is 1. The molecule has 0 amide bonds. The van der Waals surface area contributed by atoms with Gasteiger partial charge in [0.15, 0.2) is 11.0 Å². The Morgan fingerprint density at radius 3 is 2.65 bits per heavy atom. The van der Waals surface area contributed by atoms with Crippen LogP contribution in [0.5, 0.6) is 0 Å². The third kappa shape index (κ3) is 3.33. The van der Waals surface area contributed by atoms with Crippen molar-refractivity contribution >= 4 is 28.4 Å². The number of carbonyl (C=O) groups excluding carboxylic acids is 1. The van der Waals surface area contributed by atoms with E-state index < -0.39 is 0 Å². The van der Waals surface area contributed by atoms with E-state index in [9.17, 15) is 4.79 Å². The molecule has 1 aliphatic rings. The Labute approximate surface area is 106 Å². The minimum absolute atomic E-state index is 0.0924. The topological polar surface area (TPSA) is 41.5 Å². The van der Waals surface area contributed by atoms with Crippen LogP contribution in [0.25, 0.3) is 0 Å². The van der Waals surface area contributed by atoms with E-state index in [2.05, 4.69) is 17.2 Å². The molecule has 2 rings (SSSR count). The monoisotopic (exact) mass is 248 g/mol. The number of benzene rings is 1. The van der Waals surface area contributed by atoms with Gasteiger partial charge in [-0.1, -0.05) is 18.7 Å². The first-order valence-corrected chi connectivity index (χ1v) is 6.69. The predicted molar refractivity (Wildman–Crippen MR) is 74.0 cm³/mol. The summed E-state index contributed by atoms with van der Waals surface area (Å²) in [5.41, 5.74) is 1.72. The lowest BCUT2D eigenvalue weighted by Gasteiger charge is -2.17. The first-order chi connectivity index (χ1) is 8.15. The van der Waals surface area contributed by atoms with Crippen LogP contribution in [-0.4, -0.2) is 23.2 Å². The fourth-order valence-corrected chi connectivity index (χ4v) is 2.45. The van der Waals surface area contributed by atoms with Gasteiger partial charge >= 0.3 is 0 Å². The Kier molecular flexibility index (Phi) is 3.84. The molecule has 0 radical (unpaired) electrons. The molecule has 1 N–H and O–H groups in total. The van der Waals surface area contributed by atoms with E-state index in [0.29, 0.717) is 5.92 Å². The zero-order valence-corrected chi connectivity index (χ0v) is 10.9. The Hall–Kier alpha value is -1.29. The van der Waals surface area contributed by atoms with Crippen LogP contribution in [0.15, 0.2) is 29.3 Å². The number of hydrogen-bond acceptors (Lipinski definition) is 4. The van der Waals surface area contributed by atoms with Crippen LogP contribution in [0.3, 0.4) is 0 Å². The SMILES string of the molecule is CC(=O)c1ccc(NC2=NCC(C)CS2)cc1. The Bertz CT molecular complexity index is 439. The van der Waals surface area contributed by atoms with Gasteiger partial charge in [-0.2, -0.15) is 0 Å². The number of Topliss-reactive ketones (excluding diaryl/α,β-unsaturated/α-hetero) is 1. The highest BCUT2D eigenvalue weighted by molar-refractivity contribution is 8.14. The van der Waals surface area contributed by atoms with E-state index in [1.807, 2.05) is 24.3 Å². The van der Waals surface area contributed by atoms with E-state index in [1.165, 1.54) is 0 Å². The zero-order chi connectivity index (χ0) is 12.3. The third-order valence-corrected chi connectivity index (χ3v) is 3.83. The van der Waals surface area contributed by atoms with Gasteiger partial charge in [-0.25, -0.2) is 0 Å². The highest BCUT2D eigenvalue weighted by Crippen LogP contribution is 2.19. The number of carbonyl (C=O) groups is 1. The Morgan fingerprint density at radius 1 is 1.41 bits per heavy atom. The summed E-state index contributed by atoms with van der Waals surface area (Å²) >= 11 is 1.75. The van der Waals surface area contributed by atoms with Crippen molar-refractivity contribution in [2.45, 2.75) is 13.8 Å². The normalized spacial score (nSPS) is 19.6. The highest BCUT2D eigenvalue weighted by atomic mass is 32.2. The van der Waals surface area contributed by atoms with Gasteiger partial charge < -0.3 is 5.32 Å². The maximum absolute atomic E-state index is 11.1. The molecule has 1 aromatic carbocycles. The van der Waals surface area contributed by atoms with E-state index in [0.717, 1.165) is 28.7 Å². The van der Waals surface area contributed by atoms with Crippen LogP contribution in [0.2, 0.25) is 0 Å². The van der Waals surface area contributed by atoms with Crippen molar-refractivity contribution in [1.82, 2.24) is 0 Å². The lowest BCUT2D eigenvalue weighted by Crippen LogP contribution is -2.18. The van der Waals surface area contributed by atoms with E-state index in [1.54, 1.807) is 18.7 Å². The number of nitrogens with one attached hydrogen (secondary N) is 1. The van der Waals surface area contributed by atoms with Crippen LogP contribution in [-0.2, 0) is 0 Å². The van der Waals surface area contributed by atoms with Gasteiger partial charge in [0.1, 0.15) is 0 Å². The first-order valence-electron chi connectivity index (χ1n) is 5.70. The second-order valence-corrected chi connectivity index (χ2v) is 5.33. The van der Waals surface area contributed by atoms with Crippen LogP contribution >= 0.6 is 11.8 Å². The maximum Gasteiger partial charge on any atom is 0.161 e. The summed E-state index contributed by atoms with van der Waals surface area (Å²) in [5, 5.41) is 4.24. The fraction of sp³-hybridized carbons (Fsp3) is 0.385. The van der Waals surface area contributed by atoms with E-state index in [4.69, 9.17) is 0 Å². The highest BCUT2D eigenvalue weighted by Gasteiger charge is 2.12. The third-order valence-electron chi connectivity index (χ3n) is 2.59. The van der Waals surface area contributed by atoms with Gasteiger partial charge in [-0.3, -0.25) is 9.79 Å². The minimum Gasteiger partial charge on any atom is -0.335 e. The molecule has 17 heavy (non-hydrogen) atoms. The molecule has 0 aromatic heterocycles. The number of ketones is 1. The first kappa shape index (κ1) is 12.2. The van der Waals surface area contributed by atoms with Crippen LogP contribution in [0.4, 0.5) is 5.69 Å². The Balaban J connectivity index is 2.02. The molecule has 90 valence electrons. The minimum atomic E-state index is 0.0924. The van der Waals surface area contributed by atoms with Crippen molar-refractivity contribution in [3.63, 3.8) is 0 Å². The maximum atomic E-state index is 11.1. The van der Waals surface area contributed by atoms with Gasteiger partial charge in [0, 0.05) is 23.5 Å². The molecular formula is C13H16N2OS. The Morgan fingerprint density at radius 2 is 2.12 bits per heavy atom. The molecule has 0 fully saturated rings. The molecule has 1 heterocycles. The average molecular weight is 248 g/mol. The summed E-state index contributed by atoms with van der Waals surface area (Å²) in [4.78, 5) is 15.6. The molecule has 1 atom stereocenters. The summed E-state index contributed by atoms with van der Waals surface area (Å²) in [7, 11) is 0. The summed E-state index contributed by atoms with van der Waals surface area (Å²) in [6, 6.07) is 7.50. The molecular weight excluding hydrogens is 232 g/mol. The van der Waals surface area contributed by atoms with Crippen LogP contribution < -0.4 is 5.32 Å². The summed E-state index contributed by atoms with van der Waals surface area (Å²) in [5.74, 6) is 1.86. The predicted octanol–water partition coefficient (Wildman–Crippen LogP) is 3.04. The second-order valence-electron chi connectivity index (χ2n) is 4.32. The fourth-order valence-electron chi connectivity index (χ4n) is 1.55. The smallest absolute Gasteiger partial charge is 0.161 e. The standard InChI is InChI=1S/C13H16N2OS/c1-9-7-14-13(17-8-9)15-12-5-3-11(4-6-12)10(2)16/h3-6,9H,7-8H2,1-2H3,(H,14,15). The van der Waals surface area contributed by atoms with Crippen molar-refractivity contribution in [2.75, 3.05) is 17.6 Å². The van der Waals surface area contributed by atoms with Crippen LogP contribution in [0.1, 0.15) is 24.2 Å². The largest absolute Gasteiger partial charge is 0.335 e. The van der Waals surface area contributed by atoms with Crippen LogP contribution in [0, 0.1) is 5.92 Å². The molecule has 0 spiro atoms. The second kappa shape index (κ2) is 5.36. The molecule has 0 saturated heterocycles. The van der Waals surface area contributed by atoms with Crippen molar-refractivity contribution in [3.8, 4) is 0 Å². The lowest BCUT2D eigenvalue weighted by molar-refractivity contribution is 0.101. The molecule has 0 aliphatic carbocycles. The molecule has 1 aliphatic heterocycles. The molecule has 1 unspecified atom stereocenters. The molecule has 1 aromatic rings. The number of nitrogens with zero attached hydrogens (tertiary/aromatic N) is 1. The van der Waals surface area contributed by atoms with Crippen molar-refractivity contribution in [1.29, 1.82) is 0 Å². The van der Waals surface area contributed by atoms with Crippen molar-refractivity contribution in [2.24, 2.45) is 10.9 Å². The summed E-state index contributed by atoms with van der Waals surface area (Å²) in [6.07, 6.45) is 0. The lowest BCUT2D eigenvalue weighted by atomic mass is 10.1. The van der Waals surface area contributed by atoms with Gasteiger partial charge in [0.05, 0.1) is 0 Å². The molecule has 0 bridgehead atoms. The molecule has 0 saturated carbocycles. The van der Waals surface area contributed by atoms with Gasteiger partial charge in [0.2, 0.25) is 0 Å². The van der Waals surface area contributed by atoms with Crippen molar-refractivity contribution in [3.05, 3.63) is 29.8 Å². The van der Waals surface area contributed by atoms with Gasteiger partial charge in [-0.05, 0) is 37.1 Å². The van der Waals surface area contributed by atoms with E-state index in [-0.39, 0.29) is 5.78 Å². The zero-order valence-electron chi connectivity index (χ0n) is 10.1. The average Bonchev–Trinajstić information content (AvgIpc) is 2.33. The number of amidine groups is 1. The number of anilines is 1. The van der Waals surface area contributed by atoms with Gasteiger partial charge in [0.25, 0.3) is 0 Å². The van der Waals surface area contributed by atoms with E-state index >= 15 is 0 Å². The number of aliphatic imine (C=N–C) groups is 1. The summed E-state index contributed by atoms with van der Waals surface area (Å²) < 4.78 is 0. The number of rotatable bonds is 2. The molecule has 4 heteroatoms. The van der Waals surface area contributed by atoms with Crippen molar-refractivity contribution < 1.29 is 4.79 Å². The van der Waals surface area contributed by atoms with Gasteiger partial charge in [-0.15, -0.1) is 0 Å². The molecule has 3 nitrogen and oxygen atoms in total. The quantitative estimate of drug-likeness (QED) is 0.818. The number of thioether (sulfide) groups is 1.